The van der Waals surface area contributed by atoms with Crippen LogP contribution in [0.15, 0.2) is 42.5 Å². The number of hydrogen-bond donors (Lipinski definition) is 1. The number of anilines is 2. The fourth-order valence-corrected chi connectivity index (χ4v) is 4.72. The lowest BCUT2D eigenvalue weighted by Gasteiger charge is -2.20. The van der Waals surface area contributed by atoms with Gasteiger partial charge < -0.3 is 5.32 Å². The number of halogens is 1. The molecular formula is C19H21FN2O3S. The van der Waals surface area contributed by atoms with Crippen molar-refractivity contribution < 1.29 is 17.6 Å². The van der Waals surface area contributed by atoms with E-state index in [9.17, 15) is 17.6 Å². The zero-order valence-corrected chi connectivity index (χ0v) is 15.4. The Balaban J connectivity index is 1.64. The fourth-order valence-electron chi connectivity index (χ4n) is 3.10. The summed E-state index contributed by atoms with van der Waals surface area (Å²) in [4.78, 5) is 12.1. The maximum Gasteiger partial charge on any atom is 0.235 e. The fraction of sp³-hybridized carbons (Fsp3) is 0.316. The molecule has 5 nitrogen and oxygen atoms in total. The van der Waals surface area contributed by atoms with E-state index >= 15 is 0 Å². The Morgan fingerprint density at radius 1 is 1.23 bits per heavy atom. The summed E-state index contributed by atoms with van der Waals surface area (Å²) < 4.78 is 39.1. The molecule has 1 heterocycles. The summed E-state index contributed by atoms with van der Waals surface area (Å²) in [7, 11) is -3.23. The van der Waals surface area contributed by atoms with E-state index in [1.54, 1.807) is 36.4 Å². The topological polar surface area (TPSA) is 66.5 Å². The van der Waals surface area contributed by atoms with Gasteiger partial charge in [0.15, 0.2) is 0 Å². The molecule has 3 rings (SSSR count). The summed E-state index contributed by atoms with van der Waals surface area (Å²) in [5.74, 6) is -0.359. The second-order valence-electron chi connectivity index (χ2n) is 6.38. The van der Waals surface area contributed by atoms with Crippen molar-refractivity contribution >= 4 is 27.3 Å². The van der Waals surface area contributed by atoms with Crippen LogP contribution in [-0.4, -0.2) is 26.6 Å². The highest BCUT2D eigenvalue weighted by molar-refractivity contribution is 7.93. The molecule has 1 aliphatic rings. The van der Waals surface area contributed by atoms with Gasteiger partial charge in [-0.2, -0.15) is 0 Å². The van der Waals surface area contributed by atoms with E-state index in [0.29, 0.717) is 36.3 Å². The molecule has 0 unspecified atom stereocenters. The molecule has 0 spiro atoms. The molecule has 0 aromatic heterocycles. The Hall–Kier alpha value is -2.41. The van der Waals surface area contributed by atoms with Gasteiger partial charge in [0, 0.05) is 18.7 Å². The molecule has 26 heavy (non-hydrogen) atoms. The van der Waals surface area contributed by atoms with Gasteiger partial charge in [0.05, 0.1) is 11.4 Å². The molecule has 0 atom stereocenters. The quantitative estimate of drug-likeness (QED) is 0.871. The summed E-state index contributed by atoms with van der Waals surface area (Å²) >= 11 is 0. The number of amides is 1. The minimum absolute atomic E-state index is 0.168. The van der Waals surface area contributed by atoms with Crippen LogP contribution in [0.5, 0.6) is 0 Å². The van der Waals surface area contributed by atoms with Gasteiger partial charge in [-0.1, -0.05) is 18.2 Å². The highest BCUT2D eigenvalue weighted by Gasteiger charge is 2.29. The SMILES string of the molecule is Cc1cc(NC(=O)CCc2ccccc2F)ccc1N1CCCS1(=O)=O. The van der Waals surface area contributed by atoms with Crippen molar-refractivity contribution in [3.8, 4) is 0 Å². The van der Waals surface area contributed by atoms with E-state index in [1.165, 1.54) is 10.4 Å². The van der Waals surface area contributed by atoms with Crippen molar-refractivity contribution in [2.45, 2.75) is 26.2 Å². The average molecular weight is 376 g/mol. The third-order valence-electron chi connectivity index (χ3n) is 4.43. The zero-order chi connectivity index (χ0) is 18.7. The summed E-state index contributed by atoms with van der Waals surface area (Å²) in [5.41, 5.74) is 2.53. The lowest BCUT2D eigenvalue weighted by atomic mass is 10.1. The Morgan fingerprint density at radius 3 is 2.65 bits per heavy atom. The second kappa shape index (κ2) is 7.45. The Labute approximate surface area is 152 Å². The standard InChI is InChI=1S/C19H21FN2O3S/c1-14-13-16(8-9-18(14)22-11-4-12-26(22,24)25)21-19(23)10-7-15-5-2-3-6-17(15)20/h2-3,5-6,8-9,13H,4,7,10-12H2,1H3,(H,21,23). The maximum atomic E-state index is 13.6. The molecule has 2 aromatic rings. The minimum atomic E-state index is -3.23. The highest BCUT2D eigenvalue weighted by atomic mass is 32.2. The van der Waals surface area contributed by atoms with E-state index in [4.69, 9.17) is 0 Å². The first-order valence-electron chi connectivity index (χ1n) is 8.51. The summed E-state index contributed by atoms with van der Waals surface area (Å²) in [6, 6.07) is 11.6. The van der Waals surface area contributed by atoms with Crippen LogP contribution in [-0.2, 0) is 21.2 Å². The molecule has 1 saturated heterocycles. The van der Waals surface area contributed by atoms with E-state index in [1.807, 2.05) is 6.92 Å². The van der Waals surface area contributed by atoms with Crippen LogP contribution in [0.3, 0.4) is 0 Å². The van der Waals surface area contributed by atoms with Crippen molar-refractivity contribution in [2.24, 2.45) is 0 Å². The molecule has 7 heteroatoms. The maximum absolute atomic E-state index is 13.6. The molecule has 138 valence electrons. The third kappa shape index (κ3) is 4.04. The van der Waals surface area contributed by atoms with E-state index < -0.39 is 10.0 Å². The van der Waals surface area contributed by atoms with Gasteiger partial charge in [0.1, 0.15) is 5.82 Å². The number of nitrogens with one attached hydrogen (secondary N) is 1. The number of benzene rings is 2. The predicted octanol–water partition coefficient (Wildman–Crippen LogP) is 3.25. The van der Waals surface area contributed by atoms with Crippen molar-refractivity contribution in [1.29, 1.82) is 0 Å². The van der Waals surface area contributed by atoms with Crippen LogP contribution in [0.1, 0.15) is 24.0 Å². The van der Waals surface area contributed by atoms with Gasteiger partial charge in [-0.15, -0.1) is 0 Å². The van der Waals surface area contributed by atoms with Gasteiger partial charge in [0.25, 0.3) is 0 Å². The molecular weight excluding hydrogens is 355 g/mol. The summed E-state index contributed by atoms with van der Waals surface area (Å²) in [6.45, 7) is 2.30. The number of carbonyl (C=O) groups is 1. The van der Waals surface area contributed by atoms with Crippen LogP contribution < -0.4 is 9.62 Å². The van der Waals surface area contributed by atoms with Crippen LogP contribution in [0.25, 0.3) is 0 Å². The molecule has 1 amide bonds. The molecule has 1 N–H and O–H groups in total. The van der Waals surface area contributed by atoms with Crippen LogP contribution >= 0.6 is 0 Å². The summed E-state index contributed by atoms with van der Waals surface area (Å²) in [6.07, 6.45) is 1.11. The first kappa shape index (κ1) is 18.4. The molecule has 0 saturated carbocycles. The monoisotopic (exact) mass is 376 g/mol. The second-order valence-corrected chi connectivity index (χ2v) is 8.40. The van der Waals surface area contributed by atoms with Crippen LogP contribution in [0.2, 0.25) is 0 Å². The number of hydrogen-bond acceptors (Lipinski definition) is 3. The third-order valence-corrected chi connectivity index (χ3v) is 6.28. The van der Waals surface area contributed by atoms with Crippen molar-refractivity contribution in [3.63, 3.8) is 0 Å². The van der Waals surface area contributed by atoms with Gasteiger partial charge in [-0.3, -0.25) is 9.10 Å². The number of nitrogens with zero attached hydrogens (tertiary/aromatic N) is 1. The molecule has 1 fully saturated rings. The largest absolute Gasteiger partial charge is 0.326 e. The lowest BCUT2D eigenvalue weighted by molar-refractivity contribution is -0.116. The van der Waals surface area contributed by atoms with E-state index in [-0.39, 0.29) is 23.9 Å². The lowest BCUT2D eigenvalue weighted by Crippen LogP contribution is -2.25. The normalized spacial score (nSPS) is 15.8. The molecule has 2 aromatic carbocycles. The number of rotatable bonds is 5. The Bertz CT molecular complexity index is 928. The van der Waals surface area contributed by atoms with Gasteiger partial charge >= 0.3 is 0 Å². The van der Waals surface area contributed by atoms with Crippen LogP contribution in [0.4, 0.5) is 15.8 Å². The molecule has 0 radical (unpaired) electrons. The average Bonchev–Trinajstić information content (AvgIpc) is 2.93. The smallest absolute Gasteiger partial charge is 0.235 e. The van der Waals surface area contributed by atoms with Gasteiger partial charge in [-0.25, -0.2) is 12.8 Å². The first-order chi connectivity index (χ1) is 12.4. The van der Waals surface area contributed by atoms with Crippen LogP contribution in [0, 0.1) is 12.7 Å². The number of carbonyl (C=O) groups excluding carboxylic acids is 1. The van der Waals surface area contributed by atoms with Crippen molar-refractivity contribution in [3.05, 3.63) is 59.4 Å². The predicted molar refractivity (Wildman–Crippen MR) is 100 cm³/mol. The summed E-state index contributed by atoms with van der Waals surface area (Å²) in [5, 5.41) is 2.78. The number of sulfonamides is 1. The van der Waals surface area contributed by atoms with Gasteiger partial charge in [0.2, 0.25) is 15.9 Å². The van der Waals surface area contributed by atoms with E-state index in [0.717, 1.165) is 5.56 Å². The van der Waals surface area contributed by atoms with Crippen molar-refractivity contribution in [2.75, 3.05) is 21.9 Å². The van der Waals surface area contributed by atoms with E-state index in [2.05, 4.69) is 5.32 Å². The molecule has 1 aliphatic heterocycles. The first-order valence-corrected chi connectivity index (χ1v) is 10.1. The zero-order valence-electron chi connectivity index (χ0n) is 14.5. The molecule has 0 bridgehead atoms. The minimum Gasteiger partial charge on any atom is -0.326 e. The Kier molecular flexibility index (Phi) is 5.27. The Morgan fingerprint density at radius 2 is 2.00 bits per heavy atom. The van der Waals surface area contributed by atoms with Crippen molar-refractivity contribution in [1.82, 2.24) is 0 Å². The molecule has 0 aliphatic carbocycles. The highest BCUT2D eigenvalue weighted by Crippen LogP contribution is 2.29. The number of aryl methyl sites for hydroxylation is 2. The van der Waals surface area contributed by atoms with Gasteiger partial charge in [-0.05, 0) is 55.2 Å².